The highest BCUT2D eigenvalue weighted by Gasteiger charge is 2.48. The molecule has 0 N–H and O–H groups in total. The van der Waals surface area contributed by atoms with Gasteiger partial charge in [-0.1, -0.05) is 0 Å². The highest BCUT2D eigenvalue weighted by atomic mass is 32.2. The van der Waals surface area contributed by atoms with Gasteiger partial charge in [-0.15, -0.1) is 0 Å². The van der Waals surface area contributed by atoms with Crippen molar-refractivity contribution in [1.82, 2.24) is 14.3 Å². The molecule has 0 bridgehead atoms. The molecule has 0 aliphatic carbocycles. The summed E-state index contributed by atoms with van der Waals surface area (Å²) in [6.07, 6.45) is 5.71. The lowest BCUT2D eigenvalue weighted by molar-refractivity contribution is 0.0141. The molecule has 0 saturated carbocycles. The van der Waals surface area contributed by atoms with Crippen molar-refractivity contribution in [1.29, 1.82) is 0 Å². The van der Waals surface area contributed by atoms with Crippen LogP contribution in [0.3, 0.4) is 0 Å². The SMILES string of the molecule is CS(=O)(=O)N1CCC2(CC(Oc3ncccn3)CO2)C1. The molecule has 1 aromatic rings. The van der Waals surface area contributed by atoms with E-state index >= 15 is 0 Å². The van der Waals surface area contributed by atoms with Gasteiger partial charge in [0.25, 0.3) is 0 Å². The van der Waals surface area contributed by atoms with Gasteiger partial charge in [0.2, 0.25) is 10.0 Å². The molecule has 3 rings (SSSR count). The zero-order valence-electron chi connectivity index (χ0n) is 11.2. The average molecular weight is 299 g/mol. The molecule has 0 aromatic carbocycles. The van der Waals surface area contributed by atoms with Crippen molar-refractivity contribution in [3.63, 3.8) is 0 Å². The highest BCUT2D eigenvalue weighted by Crippen LogP contribution is 2.36. The van der Waals surface area contributed by atoms with Crippen molar-refractivity contribution in [3.05, 3.63) is 18.5 Å². The topological polar surface area (TPSA) is 81.6 Å². The first kappa shape index (κ1) is 13.7. The first-order valence-electron chi connectivity index (χ1n) is 6.50. The first-order valence-corrected chi connectivity index (χ1v) is 8.34. The predicted octanol–water partition coefficient (Wildman–Crippen LogP) is 0.0484. The molecule has 1 spiro atoms. The monoisotopic (exact) mass is 299 g/mol. The fourth-order valence-corrected chi connectivity index (χ4v) is 3.64. The van der Waals surface area contributed by atoms with Crippen LogP contribution in [0.1, 0.15) is 12.8 Å². The van der Waals surface area contributed by atoms with Crippen LogP contribution in [0.5, 0.6) is 6.01 Å². The molecule has 110 valence electrons. The minimum absolute atomic E-state index is 0.128. The molecule has 2 atom stereocenters. The molecule has 8 heteroatoms. The molecular weight excluding hydrogens is 282 g/mol. The molecular formula is C12H17N3O4S. The molecule has 20 heavy (non-hydrogen) atoms. The van der Waals surface area contributed by atoms with E-state index in [-0.39, 0.29) is 6.10 Å². The van der Waals surface area contributed by atoms with E-state index in [1.807, 2.05) is 0 Å². The summed E-state index contributed by atoms with van der Waals surface area (Å²) in [5.41, 5.74) is -0.414. The van der Waals surface area contributed by atoms with E-state index in [1.54, 1.807) is 18.5 Å². The third kappa shape index (κ3) is 2.77. The van der Waals surface area contributed by atoms with Crippen LogP contribution in [0.25, 0.3) is 0 Å². The molecule has 1 aromatic heterocycles. The van der Waals surface area contributed by atoms with Gasteiger partial charge in [-0.05, 0) is 12.5 Å². The molecule has 2 aliphatic rings. The van der Waals surface area contributed by atoms with E-state index in [9.17, 15) is 8.42 Å². The Morgan fingerprint density at radius 3 is 2.85 bits per heavy atom. The summed E-state index contributed by atoms with van der Waals surface area (Å²) in [6.45, 7) is 1.35. The second kappa shape index (κ2) is 4.94. The smallest absolute Gasteiger partial charge is 0.316 e. The highest BCUT2D eigenvalue weighted by molar-refractivity contribution is 7.88. The molecule has 2 unspecified atom stereocenters. The quantitative estimate of drug-likeness (QED) is 0.784. The number of hydrogen-bond acceptors (Lipinski definition) is 6. The lowest BCUT2D eigenvalue weighted by Crippen LogP contribution is -2.35. The van der Waals surface area contributed by atoms with E-state index in [0.717, 1.165) is 0 Å². The van der Waals surface area contributed by atoms with Crippen molar-refractivity contribution in [2.75, 3.05) is 26.0 Å². The van der Waals surface area contributed by atoms with Crippen LogP contribution < -0.4 is 4.74 Å². The van der Waals surface area contributed by atoms with E-state index in [0.29, 0.717) is 38.5 Å². The van der Waals surface area contributed by atoms with Gasteiger partial charge in [0, 0.05) is 31.9 Å². The van der Waals surface area contributed by atoms with Crippen LogP contribution in [0.2, 0.25) is 0 Å². The van der Waals surface area contributed by atoms with E-state index in [4.69, 9.17) is 9.47 Å². The maximum absolute atomic E-state index is 11.6. The first-order chi connectivity index (χ1) is 9.47. The van der Waals surface area contributed by atoms with Crippen LogP contribution in [0, 0.1) is 0 Å². The Labute approximate surface area is 118 Å². The van der Waals surface area contributed by atoms with Crippen LogP contribution in [-0.4, -0.2) is 60.3 Å². The lowest BCUT2D eigenvalue weighted by atomic mass is 9.98. The minimum atomic E-state index is -3.15. The third-order valence-corrected chi connectivity index (χ3v) is 4.99. The Morgan fingerprint density at radius 2 is 2.20 bits per heavy atom. The fraction of sp³-hybridized carbons (Fsp3) is 0.667. The summed E-state index contributed by atoms with van der Waals surface area (Å²) in [5.74, 6) is 0. The van der Waals surface area contributed by atoms with Crippen molar-refractivity contribution < 1.29 is 17.9 Å². The Hall–Kier alpha value is -1.25. The van der Waals surface area contributed by atoms with Crippen molar-refractivity contribution in [3.8, 4) is 6.01 Å². The second-order valence-electron chi connectivity index (χ2n) is 5.32. The summed E-state index contributed by atoms with van der Waals surface area (Å²) in [4.78, 5) is 8.03. The maximum atomic E-state index is 11.6. The number of ether oxygens (including phenoxy) is 2. The average Bonchev–Trinajstić information content (AvgIpc) is 2.99. The Balaban J connectivity index is 1.63. The fourth-order valence-electron chi connectivity index (χ4n) is 2.75. The lowest BCUT2D eigenvalue weighted by Gasteiger charge is -2.22. The van der Waals surface area contributed by atoms with Crippen LogP contribution in [-0.2, 0) is 14.8 Å². The molecule has 2 saturated heterocycles. The molecule has 3 heterocycles. The Kier molecular flexibility index (Phi) is 3.39. The summed E-state index contributed by atoms with van der Waals surface area (Å²) < 4.78 is 36.1. The second-order valence-corrected chi connectivity index (χ2v) is 7.30. The maximum Gasteiger partial charge on any atom is 0.316 e. The van der Waals surface area contributed by atoms with Gasteiger partial charge >= 0.3 is 6.01 Å². The minimum Gasteiger partial charge on any atom is -0.458 e. The van der Waals surface area contributed by atoms with Crippen molar-refractivity contribution in [2.24, 2.45) is 0 Å². The molecule has 0 radical (unpaired) electrons. The van der Waals surface area contributed by atoms with E-state index in [2.05, 4.69) is 9.97 Å². The number of aromatic nitrogens is 2. The van der Waals surface area contributed by atoms with Gasteiger partial charge in [0.05, 0.1) is 18.5 Å². The molecule has 2 fully saturated rings. The largest absolute Gasteiger partial charge is 0.458 e. The van der Waals surface area contributed by atoms with Gasteiger partial charge in [-0.2, -0.15) is 4.31 Å². The molecule has 0 amide bonds. The zero-order chi connectivity index (χ0) is 14.2. The summed E-state index contributed by atoms with van der Waals surface area (Å²) in [6, 6.07) is 2.05. The van der Waals surface area contributed by atoms with Gasteiger partial charge in [-0.3, -0.25) is 0 Å². The van der Waals surface area contributed by atoms with E-state index < -0.39 is 15.6 Å². The predicted molar refractivity (Wildman–Crippen MR) is 70.8 cm³/mol. The van der Waals surface area contributed by atoms with Gasteiger partial charge in [0.15, 0.2) is 0 Å². The summed E-state index contributed by atoms with van der Waals surface area (Å²) in [5, 5.41) is 0. The Bertz CT molecular complexity index is 580. The van der Waals surface area contributed by atoms with Gasteiger partial charge in [0.1, 0.15) is 6.10 Å². The van der Waals surface area contributed by atoms with E-state index in [1.165, 1.54) is 10.6 Å². The van der Waals surface area contributed by atoms with Gasteiger partial charge in [-0.25, -0.2) is 18.4 Å². The summed E-state index contributed by atoms with van der Waals surface area (Å²) in [7, 11) is -3.15. The normalized spacial score (nSPS) is 30.9. The number of sulfonamides is 1. The summed E-state index contributed by atoms with van der Waals surface area (Å²) >= 11 is 0. The Morgan fingerprint density at radius 1 is 1.45 bits per heavy atom. The van der Waals surface area contributed by atoms with Crippen LogP contribution in [0.4, 0.5) is 0 Å². The van der Waals surface area contributed by atoms with Crippen molar-refractivity contribution >= 4 is 10.0 Å². The standard InChI is InChI=1S/C12H17N3O4S/c1-20(16,17)15-6-3-12(9-15)7-10(8-18-12)19-11-13-4-2-5-14-11/h2,4-5,10H,3,6-9H2,1H3. The van der Waals surface area contributed by atoms with Crippen LogP contribution in [0.15, 0.2) is 18.5 Å². The van der Waals surface area contributed by atoms with Crippen LogP contribution >= 0.6 is 0 Å². The molecule has 2 aliphatic heterocycles. The van der Waals surface area contributed by atoms with Gasteiger partial charge < -0.3 is 9.47 Å². The number of hydrogen-bond donors (Lipinski definition) is 0. The zero-order valence-corrected chi connectivity index (χ0v) is 12.0. The number of rotatable bonds is 3. The third-order valence-electron chi connectivity index (χ3n) is 3.74. The molecule has 7 nitrogen and oxygen atoms in total. The van der Waals surface area contributed by atoms with Crippen molar-refractivity contribution in [2.45, 2.75) is 24.5 Å². The number of nitrogens with zero attached hydrogens (tertiary/aromatic N) is 3.